The van der Waals surface area contributed by atoms with Gasteiger partial charge in [0, 0.05) is 6.42 Å². The Morgan fingerprint density at radius 1 is 1.53 bits per heavy atom. The van der Waals surface area contributed by atoms with Crippen LogP contribution < -0.4 is 4.74 Å². The predicted molar refractivity (Wildman–Crippen MR) is 50.7 cm³/mol. The Labute approximate surface area is 87.0 Å². The molecule has 0 amide bonds. The van der Waals surface area contributed by atoms with Crippen LogP contribution >= 0.6 is 0 Å². The maximum Gasteiger partial charge on any atom is 0.199 e. The van der Waals surface area contributed by atoms with Crippen LogP contribution in [0.1, 0.15) is 18.4 Å². The van der Waals surface area contributed by atoms with Crippen LogP contribution in [0.2, 0.25) is 0 Å². The molecule has 4 heteroatoms. The normalized spacial score (nSPS) is 19.9. The van der Waals surface area contributed by atoms with Gasteiger partial charge in [-0.2, -0.15) is 5.26 Å². The number of nitrogens with zero attached hydrogens (tertiary/aromatic N) is 1. The van der Waals surface area contributed by atoms with E-state index in [1.165, 1.54) is 12.1 Å². The first-order valence-corrected chi connectivity index (χ1v) is 4.77. The van der Waals surface area contributed by atoms with Crippen molar-refractivity contribution in [3.63, 3.8) is 0 Å². The van der Waals surface area contributed by atoms with Gasteiger partial charge >= 0.3 is 0 Å². The van der Waals surface area contributed by atoms with Crippen LogP contribution in [0.25, 0.3) is 0 Å². The van der Waals surface area contributed by atoms with Gasteiger partial charge in [0.25, 0.3) is 0 Å². The Bertz CT molecular complexity index is 394. The summed E-state index contributed by atoms with van der Waals surface area (Å²) in [6.07, 6.45) is 1.46. The third-order valence-corrected chi connectivity index (χ3v) is 2.21. The number of rotatable bonds is 2. The molecule has 1 unspecified atom stereocenters. The SMILES string of the molecule is N#Cc1cc(F)ccc1OC1CCCO1. The average molecular weight is 207 g/mol. The first-order chi connectivity index (χ1) is 7.29. The Hall–Kier alpha value is -1.60. The minimum absolute atomic E-state index is 0.200. The van der Waals surface area contributed by atoms with E-state index in [-0.39, 0.29) is 11.9 Å². The first kappa shape index (κ1) is 9.94. The van der Waals surface area contributed by atoms with Crippen molar-refractivity contribution in [2.24, 2.45) is 0 Å². The van der Waals surface area contributed by atoms with Gasteiger partial charge in [-0.15, -0.1) is 0 Å². The summed E-state index contributed by atoms with van der Waals surface area (Å²) in [6.45, 7) is 0.674. The topological polar surface area (TPSA) is 42.2 Å². The van der Waals surface area contributed by atoms with Gasteiger partial charge in [-0.3, -0.25) is 0 Å². The lowest BCUT2D eigenvalue weighted by atomic mass is 10.2. The fourth-order valence-corrected chi connectivity index (χ4v) is 1.48. The van der Waals surface area contributed by atoms with Crippen molar-refractivity contribution >= 4 is 0 Å². The molecule has 78 valence electrons. The van der Waals surface area contributed by atoms with Crippen molar-refractivity contribution in [3.05, 3.63) is 29.6 Å². The van der Waals surface area contributed by atoms with Gasteiger partial charge in [0.15, 0.2) is 6.29 Å². The Balaban J connectivity index is 2.16. The van der Waals surface area contributed by atoms with Crippen molar-refractivity contribution in [1.82, 2.24) is 0 Å². The molecule has 2 rings (SSSR count). The van der Waals surface area contributed by atoms with Gasteiger partial charge in [0.05, 0.1) is 12.2 Å². The van der Waals surface area contributed by atoms with E-state index in [0.29, 0.717) is 12.4 Å². The van der Waals surface area contributed by atoms with Gasteiger partial charge in [0.1, 0.15) is 17.6 Å². The highest BCUT2D eigenvalue weighted by Crippen LogP contribution is 2.23. The third kappa shape index (κ3) is 2.25. The van der Waals surface area contributed by atoms with E-state index in [0.717, 1.165) is 18.9 Å². The van der Waals surface area contributed by atoms with Gasteiger partial charge in [-0.05, 0) is 24.6 Å². The minimum atomic E-state index is -0.439. The highest BCUT2D eigenvalue weighted by atomic mass is 19.1. The molecule has 3 nitrogen and oxygen atoms in total. The van der Waals surface area contributed by atoms with Gasteiger partial charge in [-0.25, -0.2) is 4.39 Å². The summed E-state index contributed by atoms with van der Waals surface area (Å²) < 4.78 is 23.5. The van der Waals surface area contributed by atoms with Crippen LogP contribution in [-0.4, -0.2) is 12.9 Å². The summed E-state index contributed by atoms with van der Waals surface area (Å²) in [6, 6.07) is 5.77. The van der Waals surface area contributed by atoms with Gasteiger partial charge in [0.2, 0.25) is 0 Å². The second-order valence-corrected chi connectivity index (χ2v) is 3.31. The molecule has 1 aromatic rings. The Kier molecular flexibility index (Phi) is 2.84. The van der Waals surface area contributed by atoms with Crippen LogP contribution in [-0.2, 0) is 4.74 Å². The summed E-state index contributed by atoms with van der Waals surface area (Å²) in [5, 5.41) is 8.78. The summed E-state index contributed by atoms with van der Waals surface area (Å²) in [5.74, 6) is -0.0583. The molecule has 15 heavy (non-hydrogen) atoms. The molecular weight excluding hydrogens is 197 g/mol. The molecular formula is C11H10FNO2. The van der Waals surface area contributed by atoms with Crippen LogP contribution in [0.3, 0.4) is 0 Å². The van der Waals surface area contributed by atoms with Crippen molar-refractivity contribution in [3.8, 4) is 11.8 Å². The molecule has 1 heterocycles. The summed E-state index contributed by atoms with van der Waals surface area (Å²) in [7, 11) is 0. The second-order valence-electron chi connectivity index (χ2n) is 3.31. The first-order valence-electron chi connectivity index (χ1n) is 4.77. The predicted octanol–water partition coefficient (Wildman–Crippen LogP) is 2.21. The molecule has 0 spiro atoms. The molecule has 1 aliphatic heterocycles. The van der Waals surface area contributed by atoms with E-state index in [9.17, 15) is 4.39 Å². The summed E-state index contributed by atoms with van der Waals surface area (Å²) in [4.78, 5) is 0. The maximum absolute atomic E-state index is 12.8. The fourth-order valence-electron chi connectivity index (χ4n) is 1.48. The van der Waals surface area contributed by atoms with Crippen LogP contribution in [0, 0.1) is 17.1 Å². The quantitative estimate of drug-likeness (QED) is 0.746. The Morgan fingerprint density at radius 2 is 2.40 bits per heavy atom. The standard InChI is InChI=1S/C11H10FNO2/c12-9-3-4-10(8(6-9)7-13)15-11-2-1-5-14-11/h3-4,6,11H,1-2,5H2. The Morgan fingerprint density at radius 3 is 3.07 bits per heavy atom. The monoisotopic (exact) mass is 207 g/mol. The third-order valence-electron chi connectivity index (χ3n) is 2.21. The molecule has 0 radical (unpaired) electrons. The van der Waals surface area contributed by atoms with Crippen molar-refractivity contribution in [1.29, 1.82) is 5.26 Å². The van der Waals surface area contributed by atoms with Crippen LogP contribution in [0.15, 0.2) is 18.2 Å². The molecule has 1 aliphatic rings. The van der Waals surface area contributed by atoms with E-state index in [2.05, 4.69) is 0 Å². The zero-order chi connectivity index (χ0) is 10.7. The fraction of sp³-hybridized carbons (Fsp3) is 0.364. The number of benzene rings is 1. The lowest BCUT2D eigenvalue weighted by Crippen LogP contribution is -2.14. The molecule has 0 bridgehead atoms. The van der Waals surface area contributed by atoms with E-state index in [1.807, 2.05) is 6.07 Å². The van der Waals surface area contributed by atoms with E-state index >= 15 is 0 Å². The lowest BCUT2D eigenvalue weighted by Gasteiger charge is -2.13. The molecule has 1 saturated heterocycles. The number of hydrogen-bond acceptors (Lipinski definition) is 3. The second kappa shape index (κ2) is 4.28. The number of hydrogen-bond donors (Lipinski definition) is 0. The largest absolute Gasteiger partial charge is 0.464 e. The molecule has 0 saturated carbocycles. The number of halogens is 1. The smallest absolute Gasteiger partial charge is 0.199 e. The molecule has 1 fully saturated rings. The molecule has 1 aromatic carbocycles. The summed E-state index contributed by atoms with van der Waals surface area (Å²) in [5.41, 5.74) is 0.200. The highest BCUT2D eigenvalue weighted by Gasteiger charge is 2.18. The average Bonchev–Trinajstić information content (AvgIpc) is 2.73. The number of ether oxygens (including phenoxy) is 2. The van der Waals surface area contributed by atoms with E-state index in [4.69, 9.17) is 14.7 Å². The number of nitriles is 1. The molecule has 1 atom stereocenters. The molecule has 0 aliphatic carbocycles. The van der Waals surface area contributed by atoms with Crippen LogP contribution in [0.5, 0.6) is 5.75 Å². The maximum atomic E-state index is 12.8. The molecule has 0 aromatic heterocycles. The highest BCUT2D eigenvalue weighted by molar-refractivity contribution is 5.43. The van der Waals surface area contributed by atoms with Gasteiger partial charge < -0.3 is 9.47 Å². The zero-order valence-electron chi connectivity index (χ0n) is 8.07. The van der Waals surface area contributed by atoms with Crippen molar-refractivity contribution < 1.29 is 13.9 Å². The van der Waals surface area contributed by atoms with Crippen LogP contribution in [0.4, 0.5) is 4.39 Å². The van der Waals surface area contributed by atoms with E-state index < -0.39 is 5.82 Å². The lowest BCUT2D eigenvalue weighted by molar-refractivity contribution is -0.0392. The van der Waals surface area contributed by atoms with Crippen molar-refractivity contribution in [2.75, 3.05) is 6.61 Å². The van der Waals surface area contributed by atoms with Gasteiger partial charge in [-0.1, -0.05) is 0 Å². The minimum Gasteiger partial charge on any atom is -0.464 e. The molecule has 0 N–H and O–H groups in total. The zero-order valence-corrected chi connectivity index (χ0v) is 8.07. The van der Waals surface area contributed by atoms with E-state index in [1.54, 1.807) is 0 Å². The summed E-state index contributed by atoms with van der Waals surface area (Å²) >= 11 is 0. The van der Waals surface area contributed by atoms with Crippen molar-refractivity contribution in [2.45, 2.75) is 19.1 Å².